The standard InChI is InChI=1S/C14H15IN2O2/c1-10(13-7-4-8-19-13)16-9-14(18)17-12-6-3-2-5-11(12)15/h2-8,10,16H,9H2,1H3,(H,17,18)/p+1/t10-/m0/s1. The molecule has 1 aromatic heterocycles. The molecule has 0 aliphatic carbocycles. The van der Waals surface area contributed by atoms with Crippen molar-refractivity contribution in [3.8, 4) is 0 Å². The number of anilines is 1. The molecule has 0 fully saturated rings. The minimum Gasteiger partial charge on any atom is -0.463 e. The average Bonchev–Trinajstić information content (AvgIpc) is 2.93. The van der Waals surface area contributed by atoms with Crippen LogP contribution in [0.5, 0.6) is 0 Å². The number of nitrogens with one attached hydrogen (secondary N) is 1. The van der Waals surface area contributed by atoms with Crippen molar-refractivity contribution in [1.29, 1.82) is 0 Å². The minimum absolute atomic E-state index is 0.0116. The molecule has 0 radical (unpaired) electrons. The van der Waals surface area contributed by atoms with Crippen LogP contribution in [0.15, 0.2) is 47.1 Å². The number of benzene rings is 1. The monoisotopic (exact) mass is 371 g/mol. The van der Waals surface area contributed by atoms with Crippen molar-refractivity contribution in [2.45, 2.75) is 13.0 Å². The van der Waals surface area contributed by atoms with E-state index in [0.717, 1.165) is 15.0 Å². The number of rotatable bonds is 5. The van der Waals surface area contributed by atoms with Gasteiger partial charge < -0.3 is 15.1 Å². The highest BCUT2D eigenvalue weighted by atomic mass is 127. The van der Waals surface area contributed by atoms with E-state index in [0.29, 0.717) is 6.54 Å². The van der Waals surface area contributed by atoms with E-state index in [-0.39, 0.29) is 11.9 Å². The van der Waals surface area contributed by atoms with Gasteiger partial charge in [-0.1, -0.05) is 12.1 Å². The zero-order chi connectivity index (χ0) is 13.7. The Morgan fingerprint density at radius 1 is 1.37 bits per heavy atom. The van der Waals surface area contributed by atoms with Crippen LogP contribution in [0.25, 0.3) is 0 Å². The van der Waals surface area contributed by atoms with Gasteiger partial charge in [0.15, 0.2) is 12.3 Å². The number of para-hydroxylation sites is 1. The number of amides is 1. The molecule has 2 rings (SSSR count). The topological polar surface area (TPSA) is 58.9 Å². The Bertz CT molecular complexity index is 540. The number of nitrogens with two attached hydrogens (primary N) is 1. The molecule has 1 aromatic carbocycles. The minimum atomic E-state index is -0.0116. The molecule has 1 amide bonds. The Hall–Kier alpha value is -1.34. The first-order valence-electron chi connectivity index (χ1n) is 6.08. The van der Waals surface area contributed by atoms with Crippen LogP contribution >= 0.6 is 22.6 Å². The molecule has 19 heavy (non-hydrogen) atoms. The summed E-state index contributed by atoms with van der Waals surface area (Å²) < 4.78 is 6.34. The molecule has 1 atom stereocenters. The third-order valence-electron chi connectivity index (χ3n) is 2.80. The summed E-state index contributed by atoms with van der Waals surface area (Å²) in [6, 6.07) is 11.6. The van der Waals surface area contributed by atoms with Gasteiger partial charge in [0.1, 0.15) is 6.04 Å². The first-order valence-corrected chi connectivity index (χ1v) is 7.16. The van der Waals surface area contributed by atoms with Crippen molar-refractivity contribution in [2.75, 3.05) is 11.9 Å². The van der Waals surface area contributed by atoms with Crippen molar-refractivity contribution in [2.24, 2.45) is 0 Å². The van der Waals surface area contributed by atoms with E-state index in [1.165, 1.54) is 0 Å². The second-order valence-electron chi connectivity index (χ2n) is 4.27. The van der Waals surface area contributed by atoms with Crippen LogP contribution in [0.2, 0.25) is 0 Å². The zero-order valence-electron chi connectivity index (χ0n) is 10.6. The first-order chi connectivity index (χ1) is 9.16. The molecular formula is C14H16IN2O2+. The summed E-state index contributed by atoms with van der Waals surface area (Å²) in [5, 5.41) is 4.85. The van der Waals surface area contributed by atoms with Crippen LogP contribution in [0.3, 0.4) is 0 Å². The second-order valence-corrected chi connectivity index (χ2v) is 5.43. The summed E-state index contributed by atoms with van der Waals surface area (Å²) in [6.07, 6.45) is 1.64. The van der Waals surface area contributed by atoms with E-state index in [1.807, 2.05) is 48.6 Å². The van der Waals surface area contributed by atoms with Gasteiger partial charge in [-0.25, -0.2) is 0 Å². The number of hydrogen-bond acceptors (Lipinski definition) is 2. The molecule has 2 aromatic rings. The van der Waals surface area contributed by atoms with Gasteiger partial charge in [0.2, 0.25) is 0 Å². The number of furan rings is 1. The molecule has 0 aliphatic rings. The molecule has 0 spiro atoms. The fraction of sp³-hybridized carbons (Fsp3) is 0.214. The number of carbonyl (C=O) groups excluding carboxylic acids is 1. The molecule has 1 heterocycles. The van der Waals surface area contributed by atoms with Gasteiger partial charge in [-0.15, -0.1) is 0 Å². The van der Waals surface area contributed by atoms with Gasteiger partial charge >= 0.3 is 0 Å². The van der Waals surface area contributed by atoms with E-state index in [9.17, 15) is 4.79 Å². The van der Waals surface area contributed by atoms with Gasteiger partial charge in [-0.2, -0.15) is 0 Å². The maximum Gasteiger partial charge on any atom is 0.279 e. The number of hydrogen-bond donors (Lipinski definition) is 2. The van der Waals surface area contributed by atoms with Crippen molar-refractivity contribution in [3.63, 3.8) is 0 Å². The van der Waals surface area contributed by atoms with Crippen molar-refractivity contribution in [1.82, 2.24) is 0 Å². The second kappa shape index (κ2) is 6.72. The lowest BCUT2D eigenvalue weighted by molar-refractivity contribution is -0.684. The van der Waals surface area contributed by atoms with E-state index in [1.54, 1.807) is 6.26 Å². The molecular weight excluding hydrogens is 355 g/mol. The van der Waals surface area contributed by atoms with Crippen molar-refractivity contribution in [3.05, 3.63) is 52.0 Å². The summed E-state index contributed by atoms with van der Waals surface area (Å²) in [4.78, 5) is 11.9. The predicted octanol–water partition coefficient (Wildman–Crippen LogP) is 2.15. The lowest BCUT2D eigenvalue weighted by Crippen LogP contribution is -2.86. The molecule has 0 bridgehead atoms. The number of quaternary nitrogens is 1. The van der Waals surface area contributed by atoms with Crippen LogP contribution in [0, 0.1) is 3.57 Å². The van der Waals surface area contributed by atoms with Crippen LogP contribution in [0.4, 0.5) is 5.69 Å². The van der Waals surface area contributed by atoms with Crippen LogP contribution in [0.1, 0.15) is 18.7 Å². The SMILES string of the molecule is C[C@H]([NH2+]CC(=O)Nc1ccccc1I)c1ccco1. The lowest BCUT2D eigenvalue weighted by atomic mass is 10.2. The molecule has 4 nitrogen and oxygen atoms in total. The van der Waals surface area contributed by atoms with Crippen molar-refractivity contribution < 1.29 is 14.5 Å². The van der Waals surface area contributed by atoms with E-state index < -0.39 is 0 Å². The molecule has 0 aliphatic heterocycles. The molecule has 0 unspecified atom stereocenters. The highest BCUT2D eigenvalue weighted by Crippen LogP contribution is 2.16. The number of carbonyl (C=O) groups is 1. The van der Waals surface area contributed by atoms with Gasteiger partial charge in [0.25, 0.3) is 5.91 Å². The first kappa shape index (κ1) is 14.1. The van der Waals surface area contributed by atoms with E-state index >= 15 is 0 Å². The Morgan fingerprint density at radius 3 is 2.84 bits per heavy atom. The third-order valence-corrected chi connectivity index (χ3v) is 3.74. The molecule has 5 heteroatoms. The Morgan fingerprint density at radius 2 is 2.16 bits per heavy atom. The van der Waals surface area contributed by atoms with Gasteiger partial charge in [-0.05, 0) is 53.8 Å². The van der Waals surface area contributed by atoms with E-state index in [2.05, 4.69) is 27.9 Å². The largest absolute Gasteiger partial charge is 0.463 e. The lowest BCUT2D eigenvalue weighted by Gasteiger charge is -2.09. The molecule has 3 N–H and O–H groups in total. The number of halogens is 1. The fourth-order valence-electron chi connectivity index (χ4n) is 1.71. The van der Waals surface area contributed by atoms with Gasteiger partial charge in [0.05, 0.1) is 12.0 Å². The molecule has 0 saturated carbocycles. The van der Waals surface area contributed by atoms with Crippen LogP contribution in [-0.2, 0) is 4.79 Å². The molecule has 100 valence electrons. The summed E-state index contributed by atoms with van der Waals surface area (Å²) in [5.74, 6) is 0.865. The van der Waals surface area contributed by atoms with Crippen molar-refractivity contribution >= 4 is 34.2 Å². The van der Waals surface area contributed by atoms with Gasteiger partial charge in [0, 0.05) is 3.57 Å². The fourth-order valence-corrected chi connectivity index (χ4v) is 2.24. The highest BCUT2D eigenvalue weighted by molar-refractivity contribution is 14.1. The Balaban J connectivity index is 1.84. The summed E-state index contributed by atoms with van der Waals surface area (Å²) in [7, 11) is 0. The van der Waals surface area contributed by atoms with Crippen LogP contribution in [-0.4, -0.2) is 12.5 Å². The average molecular weight is 371 g/mol. The molecule has 0 saturated heterocycles. The zero-order valence-corrected chi connectivity index (χ0v) is 12.8. The van der Waals surface area contributed by atoms with Crippen LogP contribution < -0.4 is 10.6 Å². The maximum atomic E-state index is 11.9. The summed E-state index contributed by atoms with van der Waals surface area (Å²) >= 11 is 2.20. The van der Waals surface area contributed by atoms with E-state index in [4.69, 9.17) is 4.42 Å². The Kier molecular flexibility index (Phi) is 4.98. The normalized spacial score (nSPS) is 12.1. The van der Waals surface area contributed by atoms with Gasteiger partial charge in [-0.3, -0.25) is 4.79 Å². The quantitative estimate of drug-likeness (QED) is 0.792. The smallest absolute Gasteiger partial charge is 0.279 e. The highest BCUT2D eigenvalue weighted by Gasteiger charge is 2.14. The maximum absolute atomic E-state index is 11.9. The summed E-state index contributed by atoms with van der Waals surface area (Å²) in [5.41, 5.74) is 0.854. The third kappa shape index (κ3) is 4.07. The Labute approximate surface area is 125 Å². The predicted molar refractivity (Wildman–Crippen MR) is 81.7 cm³/mol. The summed E-state index contributed by atoms with van der Waals surface area (Å²) in [6.45, 7) is 2.38.